The number of thioether (sulfide) groups is 1. The van der Waals surface area contributed by atoms with Gasteiger partial charge in [-0.05, 0) is 25.0 Å². The zero-order valence-electron chi connectivity index (χ0n) is 11.2. The van der Waals surface area contributed by atoms with Crippen molar-refractivity contribution in [3.05, 3.63) is 0 Å². The molecule has 4 heteroatoms. The van der Waals surface area contributed by atoms with Gasteiger partial charge in [0.25, 0.3) is 0 Å². The number of carbonyl (C=O) groups is 1. The summed E-state index contributed by atoms with van der Waals surface area (Å²) in [5.41, 5.74) is 0. The van der Waals surface area contributed by atoms with E-state index in [1.54, 1.807) is 0 Å². The van der Waals surface area contributed by atoms with Crippen molar-refractivity contribution >= 4 is 17.7 Å². The topological polar surface area (TPSA) is 41.1 Å². The molecular weight excluding hydrogens is 244 g/mol. The first-order valence-corrected chi connectivity index (χ1v) is 8.60. The van der Waals surface area contributed by atoms with Crippen LogP contribution in [0.4, 0.5) is 0 Å². The fourth-order valence-electron chi connectivity index (χ4n) is 2.83. The highest BCUT2D eigenvalue weighted by molar-refractivity contribution is 7.99. The summed E-state index contributed by atoms with van der Waals surface area (Å²) in [7, 11) is 0. The molecule has 1 amide bonds. The summed E-state index contributed by atoms with van der Waals surface area (Å²) in [6.07, 6.45) is 9.21. The summed E-state index contributed by atoms with van der Waals surface area (Å²) in [6, 6.07) is 0.687. The standard InChI is InChI=1S/C14H26N2OS/c17-14(12-7-10-18-11-12)16-9-8-15-13-5-3-1-2-4-6-13/h12-13,15H,1-11H2,(H,16,17). The van der Waals surface area contributed by atoms with Crippen LogP contribution in [-0.2, 0) is 4.79 Å². The molecule has 1 atom stereocenters. The third-order valence-electron chi connectivity index (χ3n) is 4.01. The van der Waals surface area contributed by atoms with Crippen LogP contribution in [0.5, 0.6) is 0 Å². The van der Waals surface area contributed by atoms with Crippen LogP contribution in [0, 0.1) is 5.92 Å². The minimum atomic E-state index is 0.266. The molecule has 0 aromatic rings. The van der Waals surface area contributed by atoms with E-state index in [1.165, 1.54) is 38.5 Å². The molecule has 18 heavy (non-hydrogen) atoms. The largest absolute Gasteiger partial charge is 0.355 e. The molecule has 0 aromatic heterocycles. The minimum Gasteiger partial charge on any atom is -0.355 e. The van der Waals surface area contributed by atoms with E-state index in [0.717, 1.165) is 31.0 Å². The van der Waals surface area contributed by atoms with Crippen molar-refractivity contribution in [2.75, 3.05) is 24.6 Å². The van der Waals surface area contributed by atoms with E-state index in [0.29, 0.717) is 6.04 Å². The fraction of sp³-hybridized carbons (Fsp3) is 0.929. The average molecular weight is 270 g/mol. The smallest absolute Gasteiger partial charge is 0.224 e. The van der Waals surface area contributed by atoms with Crippen LogP contribution in [0.2, 0.25) is 0 Å². The SMILES string of the molecule is O=C(NCCNC1CCCCCC1)C1CCSC1. The Bertz CT molecular complexity index is 246. The van der Waals surface area contributed by atoms with Gasteiger partial charge in [-0.1, -0.05) is 25.7 Å². The first-order chi connectivity index (χ1) is 8.86. The van der Waals surface area contributed by atoms with Crippen LogP contribution in [0.3, 0.4) is 0 Å². The van der Waals surface area contributed by atoms with Crippen molar-refractivity contribution in [2.24, 2.45) is 5.92 Å². The maximum absolute atomic E-state index is 11.8. The predicted molar refractivity (Wildman–Crippen MR) is 77.9 cm³/mol. The molecule has 0 spiro atoms. The highest BCUT2D eigenvalue weighted by Crippen LogP contribution is 2.23. The third-order valence-corrected chi connectivity index (χ3v) is 5.18. The second kappa shape index (κ2) is 8.05. The van der Waals surface area contributed by atoms with Gasteiger partial charge in [0.1, 0.15) is 0 Å². The summed E-state index contributed by atoms with van der Waals surface area (Å²) in [4.78, 5) is 11.8. The summed E-state index contributed by atoms with van der Waals surface area (Å²) in [6.45, 7) is 1.72. The van der Waals surface area contributed by atoms with Gasteiger partial charge in [0.05, 0.1) is 0 Å². The molecule has 2 fully saturated rings. The molecule has 1 saturated heterocycles. The summed E-state index contributed by atoms with van der Waals surface area (Å²) >= 11 is 1.90. The minimum absolute atomic E-state index is 0.266. The molecular formula is C14H26N2OS. The summed E-state index contributed by atoms with van der Waals surface area (Å²) in [5, 5.41) is 6.65. The quantitative estimate of drug-likeness (QED) is 0.594. The fourth-order valence-corrected chi connectivity index (χ4v) is 4.05. The Kier molecular flexibility index (Phi) is 6.35. The Morgan fingerprint density at radius 2 is 1.83 bits per heavy atom. The first kappa shape index (κ1) is 14.2. The van der Waals surface area contributed by atoms with Gasteiger partial charge in [-0.25, -0.2) is 0 Å². The molecule has 2 aliphatic rings. The highest BCUT2D eigenvalue weighted by Gasteiger charge is 2.22. The molecule has 0 aromatic carbocycles. The molecule has 0 radical (unpaired) electrons. The van der Waals surface area contributed by atoms with Crippen molar-refractivity contribution < 1.29 is 4.79 Å². The second-order valence-corrected chi connectivity index (χ2v) is 6.64. The number of nitrogens with one attached hydrogen (secondary N) is 2. The van der Waals surface area contributed by atoms with Crippen molar-refractivity contribution in [1.29, 1.82) is 0 Å². The van der Waals surface area contributed by atoms with Gasteiger partial charge >= 0.3 is 0 Å². The van der Waals surface area contributed by atoms with Gasteiger partial charge in [0.2, 0.25) is 5.91 Å². The van der Waals surface area contributed by atoms with Crippen LogP contribution in [0.1, 0.15) is 44.9 Å². The maximum atomic E-state index is 11.8. The Hall–Kier alpha value is -0.220. The zero-order chi connectivity index (χ0) is 12.6. The van der Waals surface area contributed by atoms with Crippen molar-refractivity contribution in [3.63, 3.8) is 0 Å². The van der Waals surface area contributed by atoms with Crippen molar-refractivity contribution in [2.45, 2.75) is 51.0 Å². The van der Waals surface area contributed by atoms with Gasteiger partial charge in [-0.15, -0.1) is 0 Å². The molecule has 2 N–H and O–H groups in total. The van der Waals surface area contributed by atoms with Gasteiger partial charge < -0.3 is 10.6 Å². The normalized spacial score (nSPS) is 25.9. The van der Waals surface area contributed by atoms with Crippen LogP contribution in [0.15, 0.2) is 0 Å². The molecule has 0 bridgehead atoms. The zero-order valence-corrected chi connectivity index (χ0v) is 12.1. The number of amides is 1. The van der Waals surface area contributed by atoms with E-state index in [9.17, 15) is 4.79 Å². The van der Waals surface area contributed by atoms with Gasteiger partial charge in [-0.3, -0.25) is 4.79 Å². The maximum Gasteiger partial charge on any atom is 0.224 e. The molecule has 1 aliphatic heterocycles. The summed E-state index contributed by atoms with van der Waals surface area (Å²) in [5.74, 6) is 2.70. The average Bonchev–Trinajstić information content (AvgIpc) is 2.80. The number of hydrogen-bond acceptors (Lipinski definition) is 3. The van der Waals surface area contributed by atoms with Gasteiger partial charge in [-0.2, -0.15) is 11.8 Å². The molecule has 1 heterocycles. The third kappa shape index (κ3) is 4.81. The van der Waals surface area contributed by atoms with E-state index in [-0.39, 0.29) is 11.8 Å². The molecule has 3 nitrogen and oxygen atoms in total. The molecule has 2 rings (SSSR count). The lowest BCUT2D eigenvalue weighted by molar-refractivity contribution is -0.124. The van der Waals surface area contributed by atoms with Crippen molar-refractivity contribution in [1.82, 2.24) is 10.6 Å². The van der Waals surface area contributed by atoms with Crippen LogP contribution in [-0.4, -0.2) is 36.5 Å². The lowest BCUT2D eigenvalue weighted by Gasteiger charge is -2.17. The first-order valence-electron chi connectivity index (χ1n) is 7.45. The van der Waals surface area contributed by atoms with Crippen LogP contribution in [0.25, 0.3) is 0 Å². The summed E-state index contributed by atoms with van der Waals surface area (Å²) < 4.78 is 0. The lowest BCUT2D eigenvalue weighted by atomic mass is 10.1. The van der Waals surface area contributed by atoms with E-state index in [2.05, 4.69) is 10.6 Å². The van der Waals surface area contributed by atoms with Gasteiger partial charge in [0, 0.05) is 30.8 Å². The van der Waals surface area contributed by atoms with E-state index >= 15 is 0 Å². The monoisotopic (exact) mass is 270 g/mol. The van der Waals surface area contributed by atoms with Crippen LogP contribution < -0.4 is 10.6 Å². The molecule has 104 valence electrons. The number of rotatable bonds is 5. The molecule has 1 saturated carbocycles. The van der Waals surface area contributed by atoms with E-state index in [4.69, 9.17) is 0 Å². The Morgan fingerprint density at radius 3 is 2.50 bits per heavy atom. The van der Waals surface area contributed by atoms with Crippen molar-refractivity contribution in [3.8, 4) is 0 Å². The lowest BCUT2D eigenvalue weighted by Crippen LogP contribution is -2.39. The molecule has 1 aliphatic carbocycles. The van der Waals surface area contributed by atoms with E-state index in [1.807, 2.05) is 11.8 Å². The Labute approximate surface area is 115 Å². The predicted octanol–water partition coefficient (Wildman–Crippen LogP) is 2.17. The number of hydrogen-bond donors (Lipinski definition) is 2. The van der Waals surface area contributed by atoms with E-state index < -0.39 is 0 Å². The van der Waals surface area contributed by atoms with Crippen LogP contribution >= 0.6 is 11.8 Å². The Morgan fingerprint density at radius 1 is 1.06 bits per heavy atom. The number of carbonyl (C=O) groups excluding carboxylic acids is 1. The molecule has 1 unspecified atom stereocenters. The van der Waals surface area contributed by atoms with Gasteiger partial charge in [0.15, 0.2) is 0 Å². The Balaban J connectivity index is 1.53. The second-order valence-electron chi connectivity index (χ2n) is 5.49. The highest BCUT2D eigenvalue weighted by atomic mass is 32.2.